The van der Waals surface area contributed by atoms with Gasteiger partial charge in [0.05, 0.1) is 0 Å². The first-order chi connectivity index (χ1) is 4.18. The van der Waals surface area contributed by atoms with Crippen LogP contribution in [0.3, 0.4) is 0 Å². The lowest BCUT2D eigenvalue weighted by Crippen LogP contribution is -2.31. The van der Waals surface area contributed by atoms with Crippen LogP contribution in [0.2, 0.25) is 0 Å². The summed E-state index contributed by atoms with van der Waals surface area (Å²) in [4.78, 5) is 0. The average Bonchev–Trinajstić information content (AvgIpc) is 1.59. The summed E-state index contributed by atoms with van der Waals surface area (Å²) in [6, 6.07) is 0. The van der Waals surface area contributed by atoms with Crippen molar-refractivity contribution in [3.05, 3.63) is 12.0 Å². The van der Waals surface area contributed by atoms with Gasteiger partial charge in [0.25, 0.3) is 0 Å². The van der Waals surface area contributed by atoms with E-state index in [-0.39, 0.29) is 11.2 Å². The molecule has 4 nitrogen and oxygen atoms in total. The van der Waals surface area contributed by atoms with Gasteiger partial charge in [0.15, 0.2) is 5.84 Å². The van der Waals surface area contributed by atoms with Gasteiger partial charge in [-0.05, 0) is 5.34 Å². The summed E-state index contributed by atoms with van der Waals surface area (Å²) in [6.45, 7) is 0. The van der Waals surface area contributed by atoms with Crippen LogP contribution in [0.25, 0.3) is 0 Å². The van der Waals surface area contributed by atoms with Crippen LogP contribution in [0.4, 0.5) is 8.87 Å². The zero-order valence-corrected chi connectivity index (χ0v) is 4.31. The van der Waals surface area contributed by atoms with Gasteiger partial charge < -0.3 is 5.73 Å². The van der Waals surface area contributed by atoms with Gasteiger partial charge in [-0.1, -0.05) is 4.48 Å². The summed E-state index contributed by atoms with van der Waals surface area (Å²) in [5, 5.41) is 2.67. The average molecular weight is 134 g/mol. The summed E-state index contributed by atoms with van der Waals surface area (Å²) in [7, 11) is 0. The van der Waals surface area contributed by atoms with Crippen molar-refractivity contribution in [2.75, 3.05) is 0 Å². The van der Waals surface area contributed by atoms with Gasteiger partial charge in [-0.3, -0.25) is 0 Å². The van der Waals surface area contributed by atoms with Crippen molar-refractivity contribution in [3.63, 3.8) is 0 Å². The highest BCUT2D eigenvalue weighted by molar-refractivity contribution is 5.91. The lowest BCUT2D eigenvalue weighted by molar-refractivity contribution is -0.0276. The first-order valence-electron chi connectivity index (χ1n) is 2.12. The molecule has 0 fully saturated rings. The van der Waals surface area contributed by atoms with E-state index < -0.39 is 5.95 Å². The molecule has 0 aromatic carbocycles. The SMILES string of the molecule is NC1=NN(F)NC(F)=C1. The van der Waals surface area contributed by atoms with Crippen molar-refractivity contribution in [1.29, 1.82) is 0 Å². The predicted octanol–water partition coefficient (Wildman–Crippen LogP) is -0.226. The van der Waals surface area contributed by atoms with Gasteiger partial charge in [0, 0.05) is 6.08 Å². The van der Waals surface area contributed by atoms with Crippen molar-refractivity contribution in [3.8, 4) is 0 Å². The van der Waals surface area contributed by atoms with Crippen molar-refractivity contribution >= 4 is 5.84 Å². The maximum Gasteiger partial charge on any atom is 0.212 e. The fourth-order valence-electron chi connectivity index (χ4n) is 0.405. The highest BCUT2D eigenvalue weighted by atomic mass is 19.2. The zero-order valence-electron chi connectivity index (χ0n) is 4.31. The monoisotopic (exact) mass is 134 g/mol. The molecule has 0 aliphatic carbocycles. The highest BCUT2D eigenvalue weighted by Crippen LogP contribution is 1.99. The highest BCUT2D eigenvalue weighted by Gasteiger charge is 2.07. The maximum atomic E-state index is 12.0. The molecule has 6 heteroatoms. The molecular weight excluding hydrogens is 130 g/mol. The second-order valence-electron chi connectivity index (χ2n) is 1.39. The number of hydrazone groups is 1. The Hall–Kier alpha value is -1.33. The Morgan fingerprint density at radius 1 is 1.78 bits per heavy atom. The Balaban J connectivity index is 2.74. The molecule has 0 bridgehead atoms. The van der Waals surface area contributed by atoms with Gasteiger partial charge in [0.1, 0.15) is 0 Å². The molecule has 0 spiro atoms. The lowest BCUT2D eigenvalue weighted by atomic mass is 10.5. The third kappa shape index (κ3) is 1.28. The third-order valence-electron chi connectivity index (χ3n) is 0.677. The van der Waals surface area contributed by atoms with Crippen LogP contribution >= 0.6 is 0 Å². The van der Waals surface area contributed by atoms with Crippen LogP contribution in [0, 0.1) is 0 Å². The van der Waals surface area contributed by atoms with Crippen LogP contribution in [-0.4, -0.2) is 11.2 Å². The predicted molar refractivity (Wildman–Crippen MR) is 26.9 cm³/mol. The number of nitrogens with two attached hydrogens (primary N) is 1. The molecule has 1 rings (SSSR count). The molecule has 3 N–H and O–H groups in total. The van der Waals surface area contributed by atoms with E-state index in [0.29, 0.717) is 0 Å². The molecule has 9 heavy (non-hydrogen) atoms. The summed E-state index contributed by atoms with van der Waals surface area (Å²) >= 11 is 0. The number of hydrazine groups is 1. The number of rotatable bonds is 0. The van der Waals surface area contributed by atoms with Crippen LogP contribution < -0.4 is 11.2 Å². The Kier molecular flexibility index (Phi) is 1.21. The molecule has 0 aromatic heterocycles. The van der Waals surface area contributed by atoms with Crippen LogP contribution in [0.5, 0.6) is 0 Å². The zero-order chi connectivity index (χ0) is 6.85. The normalized spacial score (nSPS) is 18.2. The minimum Gasteiger partial charge on any atom is -0.382 e. The Morgan fingerprint density at radius 3 is 2.89 bits per heavy atom. The summed E-state index contributed by atoms with van der Waals surface area (Å²) in [6.07, 6.45) is 0.871. The van der Waals surface area contributed by atoms with Crippen LogP contribution in [0.1, 0.15) is 0 Å². The molecule has 0 unspecified atom stereocenters. The van der Waals surface area contributed by atoms with Crippen molar-refractivity contribution in [1.82, 2.24) is 10.8 Å². The van der Waals surface area contributed by atoms with E-state index in [1.165, 1.54) is 0 Å². The number of hydrogen-bond acceptors (Lipinski definition) is 4. The molecule has 0 atom stereocenters. The number of amidine groups is 1. The van der Waals surface area contributed by atoms with Crippen LogP contribution in [-0.2, 0) is 0 Å². The van der Waals surface area contributed by atoms with Crippen LogP contribution in [0.15, 0.2) is 17.1 Å². The maximum absolute atomic E-state index is 12.0. The summed E-state index contributed by atoms with van der Waals surface area (Å²) in [5.74, 6) is -1.08. The molecule has 1 aliphatic heterocycles. The molecule has 0 saturated heterocycles. The fourth-order valence-corrected chi connectivity index (χ4v) is 0.405. The van der Waals surface area contributed by atoms with Crippen molar-refractivity contribution < 1.29 is 8.87 Å². The van der Waals surface area contributed by atoms with Gasteiger partial charge in [-0.25, -0.2) is 5.43 Å². The van der Waals surface area contributed by atoms with E-state index in [9.17, 15) is 8.87 Å². The van der Waals surface area contributed by atoms with E-state index in [1.54, 1.807) is 5.43 Å². The topological polar surface area (TPSA) is 53.6 Å². The smallest absolute Gasteiger partial charge is 0.212 e. The van der Waals surface area contributed by atoms with E-state index in [1.807, 2.05) is 0 Å². The van der Waals surface area contributed by atoms with Gasteiger partial charge in [-0.2, -0.15) is 4.39 Å². The van der Waals surface area contributed by atoms with E-state index in [4.69, 9.17) is 5.73 Å². The Bertz CT molecular complexity index is 175. The molecule has 0 aromatic rings. The standard InChI is InChI=1S/C3H4F2N4/c4-2-1-3(6)8-9(5)7-2/h1,7H,(H2,6,8). The third-order valence-corrected chi connectivity index (χ3v) is 0.677. The molecule has 1 heterocycles. The van der Waals surface area contributed by atoms with Gasteiger partial charge >= 0.3 is 0 Å². The first kappa shape index (κ1) is 5.80. The molecule has 1 aliphatic rings. The number of nitrogens with one attached hydrogen (secondary N) is 1. The first-order valence-corrected chi connectivity index (χ1v) is 2.12. The van der Waals surface area contributed by atoms with Gasteiger partial charge in [0.2, 0.25) is 5.95 Å². The molecule has 0 amide bonds. The Morgan fingerprint density at radius 2 is 2.44 bits per heavy atom. The minimum absolute atomic E-state index is 0.214. The number of hydrogen-bond donors (Lipinski definition) is 2. The number of nitrogens with zero attached hydrogens (tertiary/aromatic N) is 2. The largest absolute Gasteiger partial charge is 0.382 e. The fraction of sp³-hybridized carbons (Fsp3) is 0. The second kappa shape index (κ2) is 1.88. The summed E-state index contributed by atoms with van der Waals surface area (Å²) < 4.78 is 23.9. The van der Waals surface area contributed by atoms with E-state index >= 15 is 0 Å². The number of halogens is 2. The molecular formula is C3H4F2N4. The molecule has 0 saturated carbocycles. The van der Waals surface area contributed by atoms with Crippen molar-refractivity contribution in [2.24, 2.45) is 10.8 Å². The Labute approximate surface area is 49.5 Å². The lowest BCUT2D eigenvalue weighted by Gasteiger charge is -2.11. The van der Waals surface area contributed by atoms with E-state index in [0.717, 1.165) is 6.08 Å². The minimum atomic E-state index is -0.870. The summed E-state index contributed by atoms with van der Waals surface area (Å²) in [5.41, 5.74) is 6.53. The quantitative estimate of drug-likeness (QED) is 0.355. The van der Waals surface area contributed by atoms with E-state index in [2.05, 4.69) is 5.10 Å². The van der Waals surface area contributed by atoms with Gasteiger partial charge in [-0.15, -0.1) is 5.10 Å². The molecule has 0 radical (unpaired) electrons. The second-order valence-corrected chi connectivity index (χ2v) is 1.39. The molecule has 50 valence electrons. The van der Waals surface area contributed by atoms with Crippen molar-refractivity contribution in [2.45, 2.75) is 0 Å².